The Kier molecular flexibility index (Phi) is 13.8. The van der Waals surface area contributed by atoms with Gasteiger partial charge in [0, 0.05) is 33.7 Å². The highest BCUT2D eigenvalue weighted by molar-refractivity contribution is 6.11. The van der Waals surface area contributed by atoms with Crippen LogP contribution in [0.5, 0.6) is 0 Å². The first-order valence-corrected chi connectivity index (χ1v) is 20.6. The largest absolute Gasteiger partial charge is 0.317 e. The van der Waals surface area contributed by atoms with Crippen LogP contribution >= 0.6 is 0 Å². The number of allylic oxidation sites excluding steroid dienone is 9. The van der Waals surface area contributed by atoms with Gasteiger partial charge in [-0.15, -0.1) is 0 Å². The fourth-order valence-corrected chi connectivity index (χ4v) is 7.55. The smallest absolute Gasteiger partial charge is 0.0547 e. The van der Waals surface area contributed by atoms with Gasteiger partial charge >= 0.3 is 0 Å². The van der Waals surface area contributed by atoms with Crippen LogP contribution in [0.1, 0.15) is 65.0 Å². The zero-order valence-electron chi connectivity index (χ0n) is 34.5. The van der Waals surface area contributed by atoms with Crippen molar-refractivity contribution in [1.82, 2.24) is 9.13 Å². The summed E-state index contributed by atoms with van der Waals surface area (Å²) in [6.45, 7) is 17.1. The van der Waals surface area contributed by atoms with Gasteiger partial charge in [0.2, 0.25) is 0 Å². The lowest BCUT2D eigenvalue weighted by molar-refractivity contribution is 0.874. The molecule has 2 heterocycles. The molecule has 286 valence electrons. The van der Waals surface area contributed by atoms with Crippen molar-refractivity contribution in [3.05, 3.63) is 211 Å². The Morgan fingerprint density at radius 2 is 1.21 bits per heavy atom. The SMILES string of the molecule is C=C(/C=C(\C=C(/C)C1=CCCCC=C1)c1ccccc1)n1c2ccccc2c2ccc(-c3ccc4c(C)cccccn(-c5ccccc5)c4c3)cc21.CC.CC. The van der Waals surface area contributed by atoms with Crippen molar-refractivity contribution in [1.29, 1.82) is 0 Å². The van der Waals surface area contributed by atoms with E-state index in [0.29, 0.717) is 0 Å². The van der Waals surface area contributed by atoms with Crippen LogP contribution in [-0.2, 0) is 0 Å². The summed E-state index contributed by atoms with van der Waals surface area (Å²) in [7, 11) is 0. The summed E-state index contributed by atoms with van der Waals surface area (Å²) in [6.07, 6.45) is 17.1. The lowest BCUT2D eigenvalue weighted by atomic mass is 9.98. The number of aryl methyl sites for hydroxylation is 1. The van der Waals surface area contributed by atoms with Gasteiger partial charge in [0.1, 0.15) is 0 Å². The summed E-state index contributed by atoms with van der Waals surface area (Å²) in [5, 5.41) is 3.63. The standard InChI is InChI=1S/C51H44N2.2C2H6/c1-37-19-9-8-18-32-52(45-24-14-7-15-25-45)50-35-42(28-30-46(37)50)43-29-31-48-47-26-16-17-27-49(47)53(51(48)36-43)39(3)34-44(41-22-12-6-13-23-41)33-38(2)40-20-10-4-5-11-21-40;2*1-2/h6-10,12-36H,3-5,11H2,1-2H3;2*1-2H3/b9-8?,32-18?,37-19?,38-33+,44-34+;;. The molecule has 0 saturated heterocycles. The second-order valence-electron chi connectivity index (χ2n) is 13.9. The van der Waals surface area contributed by atoms with Crippen molar-refractivity contribution in [2.24, 2.45) is 0 Å². The first-order chi connectivity index (χ1) is 28.0. The van der Waals surface area contributed by atoms with Crippen LogP contribution in [0, 0.1) is 6.92 Å². The van der Waals surface area contributed by atoms with E-state index in [1.165, 1.54) is 44.9 Å². The van der Waals surface area contributed by atoms with Crippen molar-refractivity contribution in [2.75, 3.05) is 0 Å². The van der Waals surface area contributed by atoms with Gasteiger partial charge in [0.15, 0.2) is 0 Å². The molecular weight excluding hydrogens is 689 g/mol. The Hall–Kier alpha value is -6.38. The Labute approximate surface area is 340 Å². The van der Waals surface area contributed by atoms with Gasteiger partial charge in [-0.25, -0.2) is 0 Å². The summed E-state index contributed by atoms with van der Waals surface area (Å²) in [5.41, 5.74) is 13.9. The second kappa shape index (κ2) is 19.5. The minimum Gasteiger partial charge on any atom is -0.317 e. The third-order valence-corrected chi connectivity index (χ3v) is 10.3. The van der Waals surface area contributed by atoms with E-state index in [1.807, 2.05) is 27.7 Å². The molecule has 2 nitrogen and oxygen atoms in total. The van der Waals surface area contributed by atoms with Gasteiger partial charge in [-0.3, -0.25) is 0 Å². The molecule has 0 unspecified atom stereocenters. The van der Waals surface area contributed by atoms with E-state index in [1.54, 1.807) is 0 Å². The summed E-state index contributed by atoms with van der Waals surface area (Å²) in [4.78, 5) is 0. The van der Waals surface area contributed by atoms with Crippen LogP contribution in [0.25, 0.3) is 60.8 Å². The number of rotatable bonds is 7. The lowest BCUT2D eigenvalue weighted by Crippen LogP contribution is -1.96. The van der Waals surface area contributed by atoms with Crippen molar-refractivity contribution in [3.63, 3.8) is 0 Å². The normalized spacial score (nSPS) is 12.8. The van der Waals surface area contributed by atoms with E-state index in [9.17, 15) is 0 Å². The lowest BCUT2D eigenvalue weighted by Gasteiger charge is -2.13. The topological polar surface area (TPSA) is 9.86 Å². The van der Waals surface area contributed by atoms with Gasteiger partial charge in [-0.05, 0) is 115 Å². The maximum atomic E-state index is 4.74. The minimum absolute atomic E-state index is 0.921. The molecule has 0 saturated carbocycles. The average molecular weight is 745 g/mol. The number of para-hydroxylation sites is 2. The summed E-state index contributed by atoms with van der Waals surface area (Å²) in [5.74, 6) is 0. The molecule has 0 N–H and O–H groups in total. The molecule has 2 aromatic heterocycles. The molecular formula is C55H56N2. The number of benzene rings is 5. The zero-order chi connectivity index (χ0) is 40.1. The first-order valence-electron chi connectivity index (χ1n) is 20.6. The Morgan fingerprint density at radius 1 is 0.596 bits per heavy atom. The molecule has 0 radical (unpaired) electrons. The van der Waals surface area contributed by atoms with Crippen LogP contribution in [0.2, 0.25) is 0 Å². The third kappa shape index (κ3) is 9.03. The van der Waals surface area contributed by atoms with Crippen molar-refractivity contribution < 1.29 is 0 Å². The second-order valence-corrected chi connectivity index (χ2v) is 13.9. The van der Waals surface area contributed by atoms with Crippen LogP contribution in [0.15, 0.2) is 200 Å². The van der Waals surface area contributed by atoms with Crippen molar-refractivity contribution in [2.45, 2.75) is 60.8 Å². The number of hydrogen-bond acceptors (Lipinski definition) is 0. The van der Waals surface area contributed by atoms with E-state index < -0.39 is 0 Å². The quantitative estimate of drug-likeness (QED) is 0.144. The predicted octanol–water partition coefficient (Wildman–Crippen LogP) is 16.1. The van der Waals surface area contributed by atoms with Crippen molar-refractivity contribution >= 4 is 44.0 Å². The highest BCUT2D eigenvalue weighted by atomic mass is 15.0. The summed E-state index contributed by atoms with van der Waals surface area (Å²) < 4.78 is 4.62. The van der Waals surface area contributed by atoms with Crippen molar-refractivity contribution in [3.8, 4) is 16.8 Å². The van der Waals surface area contributed by atoms with Gasteiger partial charge in [-0.2, -0.15) is 0 Å². The molecule has 7 aromatic rings. The van der Waals surface area contributed by atoms with Crippen LogP contribution in [0.3, 0.4) is 0 Å². The predicted molar refractivity (Wildman–Crippen MR) is 251 cm³/mol. The molecule has 0 spiro atoms. The molecule has 57 heavy (non-hydrogen) atoms. The van der Waals surface area contributed by atoms with Crippen LogP contribution in [0.4, 0.5) is 0 Å². The molecule has 0 amide bonds. The molecule has 0 aliphatic heterocycles. The molecule has 8 rings (SSSR count). The zero-order valence-corrected chi connectivity index (χ0v) is 34.5. The molecule has 2 heteroatoms. The molecule has 1 aliphatic rings. The van der Waals surface area contributed by atoms with Gasteiger partial charge < -0.3 is 9.13 Å². The fraction of sp³-hybridized carbons (Fsp3) is 0.164. The van der Waals surface area contributed by atoms with E-state index >= 15 is 0 Å². The van der Waals surface area contributed by atoms with Crippen LogP contribution in [-0.4, -0.2) is 9.13 Å². The number of aromatic nitrogens is 2. The maximum Gasteiger partial charge on any atom is 0.0547 e. The highest BCUT2D eigenvalue weighted by Crippen LogP contribution is 2.36. The maximum absolute atomic E-state index is 4.74. The molecule has 0 fully saturated rings. The van der Waals surface area contributed by atoms with Gasteiger partial charge in [-0.1, -0.05) is 168 Å². The van der Waals surface area contributed by atoms with E-state index in [4.69, 9.17) is 6.58 Å². The molecule has 0 bridgehead atoms. The van der Waals surface area contributed by atoms with Gasteiger partial charge in [0.05, 0.1) is 16.6 Å². The third-order valence-electron chi connectivity index (χ3n) is 10.3. The molecule has 5 aromatic carbocycles. The molecule has 1 aliphatic carbocycles. The Balaban J connectivity index is 0.00000133. The first kappa shape index (κ1) is 40.3. The Bertz CT molecular complexity index is 2660. The summed E-state index contributed by atoms with van der Waals surface area (Å²) in [6, 6.07) is 52.1. The number of nitrogens with zero attached hydrogens (tertiary/aromatic N) is 2. The highest BCUT2D eigenvalue weighted by Gasteiger charge is 2.15. The fourth-order valence-electron chi connectivity index (χ4n) is 7.55. The summed E-state index contributed by atoms with van der Waals surface area (Å²) >= 11 is 0. The van der Waals surface area contributed by atoms with E-state index in [0.717, 1.165) is 57.5 Å². The van der Waals surface area contributed by atoms with Gasteiger partial charge in [0.25, 0.3) is 0 Å². The molecule has 0 atom stereocenters. The number of hydrogen-bond donors (Lipinski definition) is 0. The minimum atomic E-state index is 0.921. The number of fused-ring (bicyclic) bond motifs is 4. The van der Waals surface area contributed by atoms with E-state index in [-0.39, 0.29) is 0 Å². The monoisotopic (exact) mass is 744 g/mol. The van der Waals surface area contributed by atoms with E-state index in [2.05, 4.69) is 205 Å². The Morgan fingerprint density at radius 3 is 1.96 bits per heavy atom. The average Bonchev–Trinajstić information content (AvgIpc) is 3.39. The van der Waals surface area contributed by atoms with Crippen LogP contribution < -0.4 is 0 Å².